The lowest BCUT2D eigenvalue weighted by Gasteiger charge is -2.25. The summed E-state index contributed by atoms with van der Waals surface area (Å²) >= 11 is 7.58. The molecule has 26 heavy (non-hydrogen) atoms. The van der Waals surface area contributed by atoms with Gasteiger partial charge in [-0.2, -0.15) is 0 Å². The predicted octanol–water partition coefficient (Wildman–Crippen LogP) is 2.38. The SMILES string of the molecule is O=C(CNC(=O)c1ccccc1)NN1C(=O)CSC1c1ccccc1Cl. The van der Waals surface area contributed by atoms with Gasteiger partial charge in [0.25, 0.3) is 17.7 Å². The Morgan fingerprint density at radius 3 is 2.54 bits per heavy atom. The highest BCUT2D eigenvalue weighted by Gasteiger charge is 2.35. The molecule has 1 aliphatic rings. The number of carbonyl (C=O) groups excluding carboxylic acids is 3. The number of benzene rings is 2. The fourth-order valence-corrected chi connectivity index (χ4v) is 3.92. The molecule has 6 nitrogen and oxygen atoms in total. The van der Waals surface area contributed by atoms with Crippen molar-refractivity contribution in [1.29, 1.82) is 0 Å². The molecule has 0 aliphatic carbocycles. The van der Waals surface area contributed by atoms with E-state index in [1.54, 1.807) is 42.5 Å². The van der Waals surface area contributed by atoms with Gasteiger partial charge in [0.2, 0.25) is 0 Å². The van der Waals surface area contributed by atoms with Crippen LogP contribution in [0.1, 0.15) is 21.3 Å². The van der Waals surface area contributed by atoms with Crippen molar-refractivity contribution in [1.82, 2.24) is 15.8 Å². The van der Waals surface area contributed by atoms with Crippen LogP contribution in [0.5, 0.6) is 0 Å². The number of rotatable bonds is 5. The topological polar surface area (TPSA) is 78.5 Å². The molecule has 3 amide bonds. The summed E-state index contributed by atoms with van der Waals surface area (Å²) in [6.07, 6.45) is 0. The number of hydrazine groups is 1. The van der Waals surface area contributed by atoms with Crippen molar-refractivity contribution in [3.8, 4) is 0 Å². The van der Waals surface area contributed by atoms with Crippen LogP contribution in [-0.2, 0) is 9.59 Å². The van der Waals surface area contributed by atoms with Crippen molar-refractivity contribution in [2.75, 3.05) is 12.3 Å². The second-order valence-electron chi connectivity index (χ2n) is 5.53. The molecule has 0 radical (unpaired) electrons. The molecule has 1 atom stereocenters. The Morgan fingerprint density at radius 1 is 1.12 bits per heavy atom. The molecule has 3 rings (SSSR count). The summed E-state index contributed by atoms with van der Waals surface area (Å²) in [6, 6.07) is 15.8. The lowest BCUT2D eigenvalue weighted by atomic mass is 10.2. The van der Waals surface area contributed by atoms with Crippen LogP contribution >= 0.6 is 23.4 Å². The minimum Gasteiger partial charge on any atom is -0.343 e. The molecule has 2 N–H and O–H groups in total. The van der Waals surface area contributed by atoms with Crippen molar-refractivity contribution in [3.05, 3.63) is 70.7 Å². The van der Waals surface area contributed by atoms with Crippen molar-refractivity contribution >= 4 is 41.1 Å². The molecule has 0 saturated carbocycles. The Kier molecular flexibility index (Phi) is 5.80. The summed E-state index contributed by atoms with van der Waals surface area (Å²) in [7, 11) is 0. The van der Waals surface area contributed by atoms with E-state index in [1.807, 2.05) is 12.1 Å². The van der Waals surface area contributed by atoms with E-state index in [2.05, 4.69) is 10.7 Å². The fraction of sp³-hybridized carbons (Fsp3) is 0.167. The van der Waals surface area contributed by atoms with E-state index in [0.717, 1.165) is 5.56 Å². The average molecular weight is 390 g/mol. The van der Waals surface area contributed by atoms with Crippen molar-refractivity contribution in [2.24, 2.45) is 0 Å². The molecule has 1 fully saturated rings. The van der Waals surface area contributed by atoms with Gasteiger partial charge in [0, 0.05) is 16.1 Å². The van der Waals surface area contributed by atoms with Crippen LogP contribution in [0, 0.1) is 0 Å². The smallest absolute Gasteiger partial charge is 0.258 e. The van der Waals surface area contributed by atoms with Crippen molar-refractivity contribution in [3.63, 3.8) is 0 Å². The first-order chi connectivity index (χ1) is 12.6. The van der Waals surface area contributed by atoms with Gasteiger partial charge in [0.15, 0.2) is 0 Å². The van der Waals surface area contributed by atoms with Crippen LogP contribution in [0.2, 0.25) is 5.02 Å². The number of nitrogens with one attached hydrogen (secondary N) is 2. The Morgan fingerprint density at radius 2 is 1.81 bits per heavy atom. The number of thioether (sulfide) groups is 1. The van der Waals surface area contributed by atoms with Gasteiger partial charge in [-0.25, -0.2) is 5.01 Å². The monoisotopic (exact) mass is 389 g/mol. The van der Waals surface area contributed by atoms with E-state index in [-0.39, 0.29) is 24.1 Å². The van der Waals surface area contributed by atoms with Crippen LogP contribution in [0.3, 0.4) is 0 Å². The van der Waals surface area contributed by atoms with Crippen LogP contribution in [0.4, 0.5) is 0 Å². The number of hydrogen-bond donors (Lipinski definition) is 2. The molecule has 0 aromatic heterocycles. The summed E-state index contributed by atoms with van der Waals surface area (Å²) in [4.78, 5) is 36.3. The van der Waals surface area contributed by atoms with Gasteiger partial charge < -0.3 is 5.32 Å². The van der Waals surface area contributed by atoms with E-state index >= 15 is 0 Å². The molecule has 2 aromatic carbocycles. The molecule has 1 heterocycles. The fourth-order valence-electron chi connectivity index (χ4n) is 2.48. The molecular weight excluding hydrogens is 374 g/mol. The van der Waals surface area contributed by atoms with Gasteiger partial charge in [-0.05, 0) is 18.2 Å². The zero-order valence-electron chi connectivity index (χ0n) is 13.6. The summed E-state index contributed by atoms with van der Waals surface area (Å²) in [5, 5.41) is 3.92. The third-order valence-corrected chi connectivity index (χ3v) is 5.27. The van der Waals surface area contributed by atoms with Gasteiger partial charge in [-0.3, -0.25) is 19.8 Å². The Hall–Kier alpha value is -2.51. The standard InChI is InChI=1S/C18H16ClN3O3S/c19-14-9-5-4-8-13(14)18-22(16(24)11-26-18)21-15(23)10-20-17(25)12-6-2-1-3-7-12/h1-9,18H,10-11H2,(H,20,25)(H,21,23). The Labute approximate surface area is 159 Å². The predicted molar refractivity (Wildman–Crippen MR) is 100 cm³/mol. The maximum atomic E-state index is 12.2. The van der Waals surface area contributed by atoms with Gasteiger partial charge in [-0.15, -0.1) is 11.8 Å². The maximum Gasteiger partial charge on any atom is 0.258 e. The number of carbonyl (C=O) groups is 3. The van der Waals surface area contributed by atoms with Gasteiger partial charge in [0.05, 0.1) is 12.3 Å². The summed E-state index contributed by atoms with van der Waals surface area (Å²) < 4.78 is 0. The Balaban J connectivity index is 1.61. The molecule has 1 unspecified atom stereocenters. The van der Waals surface area contributed by atoms with E-state index in [9.17, 15) is 14.4 Å². The van der Waals surface area contributed by atoms with Gasteiger partial charge in [0.1, 0.15) is 5.37 Å². The van der Waals surface area contributed by atoms with E-state index in [4.69, 9.17) is 11.6 Å². The van der Waals surface area contributed by atoms with E-state index < -0.39 is 11.3 Å². The minimum atomic E-state index is -0.484. The minimum absolute atomic E-state index is 0.220. The molecule has 2 aromatic rings. The molecular formula is C18H16ClN3O3S. The number of hydrogen-bond acceptors (Lipinski definition) is 4. The molecule has 134 valence electrons. The number of halogens is 1. The largest absolute Gasteiger partial charge is 0.343 e. The molecule has 0 spiro atoms. The van der Waals surface area contributed by atoms with Crippen LogP contribution in [0.25, 0.3) is 0 Å². The summed E-state index contributed by atoms with van der Waals surface area (Å²) in [6.45, 7) is -0.239. The third-order valence-electron chi connectivity index (χ3n) is 3.73. The number of amides is 3. The van der Waals surface area contributed by atoms with Crippen molar-refractivity contribution < 1.29 is 14.4 Å². The van der Waals surface area contributed by atoms with Crippen molar-refractivity contribution in [2.45, 2.75) is 5.37 Å². The highest BCUT2D eigenvalue weighted by Crippen LogP contribution is 2.40. The highest BCUT2D eigenvalue weighted by atomic mass is 35.5. The average Bonchev–Trinajstić information content (AvgIpc) is 3.01. The van der Waals surface area contributed by atoms with Gasteiger partial charge in [-0.1, -0.05) is 48.0 Å². The summed E-state index contributed by atoms with van der Waals surface area (Å²) in [5.41, 5.74) is 3.77. The zero-order chi connectivity index (χ0) is 18.5. The third kappa shape index (κ3) is 4.17. The molecule has 1 saturated heterocycles. The van der Waals surface area contributed by atoms with E-state index in [1.165, 1.54) is 16.8 Å². The van der Waals surface area contributed by atoms with Gasteiger partial charge >= 0.3 is 0 Å². The lowest BCUT2D eigenvalue weighted by molar-refractivity contribution is -0.138. The molecule has 8 heteroatoms. The Bertz CT molecular complexity index is 831. The first-order valence-electron chi connectivity index (χ1n) is 7.87. The quantitative estimate of drug-likeness (QED) is 0.823. The second kappa shape index (κ2) is 8.25. The zero-order valence-corrected chi connectivity index (χ0v) is 15.2. The first kappa shape index (κ1) is 18.3. The number of nitrogens with zero attached hydrogens (tertiary/aromatic N) is 1. The normalized spacial score (nSPS) is 16.4. The second-order valence-corrected chi connectivity index (χ2v) is 7.01. The molecule has 1 aliphatic heterocycles. The van der Waals surface area contributed by atoms with Crippen LogP contribution in [0.15, 0.2) is 54.6 Å². The first-order valence-corrected chi connectivity index (χ1v) is 9.30. The van der Waals surface area contributed by atoms with Crippen LogP contribution in [-0.4, -0.2) is 35.0 Å². The van der Waals surface area contributed by atoms with Crippen LogP contribution < -0.4 is 10.7 Å². The summed E-state index contributed by atoms with van der Waals surface area (Å²) in [5.74, 6) is -0.817. The molecule has 0 bridgehead atoms. The lowest BCUT2D eigenvalue weighted by Crippen LogP contribution is -2.48. The maximum absolute atomic E-state index is 12.2. The van der Waals surface area contributed by atoms with E-state index in [0.29, 0.717) is 10.6 Å². The highest BCUT2D eigenvalue weighted by molar-refractivity contribution is 8.00.